The molecule has 15 heavy (non-hydrogen) atoms. The van der Waals surface area contributed by atoms with Gasteiger partial charge in [-0.1, -0.05) is 6.07 Å². The highest BCUT2D eigenvalue weighted by molar-refractivity contribution is 8.00. The minimum Gasteiger partial charge on any atom is -0.328 e. The standard InChI is InChI=1S/C12H16FNS/c1-8(14)6-9-2-5-12(11(13)7-9)15-10-3-4-10/h2,5,7-8,10H,3-4,6,14H2,1H3. The van der Waals surface area contributed by atoms with Crippen molar-refractivity contribution in [2.45, 2.75) is 42.4 Å². The van der Waals surface area contributed by atoms with E-state index in [1.54, 1.807) is 17.8 Å². The van der Waals surface area contributed by atoms with Crippen molar-refractivity contribution in [3.63, 3.8) is 0 Å². The maximum Gasteiger partial charge on any atom is 0.137 e. The molecule has 0 amide bonds. The molecule has 1 unspecified atom stereocenters. The zero-order chi connectivity index (χ0) is 10.8. The van der Waals surface area contributed by atoms with E-state index < -0.39 is 0 Å². The first-order valence-electron chi connectivity index (χ1n) is 5.36. The SMILES string of the molecule is CC(N)Cc1ccc(SC2CC2)c(F)c1. The summed E-state index contributed by atoms with van der Waals surface area (Å²) in [6, 6.07) is 5.58. The van der Waals surface area contributed by atoms with Gasteiger partial charge in [-0.05, 0) is 43.9 Å². The van der Waals surface area contributed by atoms with Crippen molar-refractivity contribution in [1.82, 2.24) is 0 Å². The summed E-state index contributed by atoms with van der Waals surface area (Å²) in [5, 5.41) is 0.652. The molecule has 1 fully saturated rings. The second-order valence-electron chi connectivity index (χ2n) is 4.26. The lowest BCUT2D eigenvalue weighted by Crippen LogP contribution is -2.17. The van der Waals surface area contributed by atoms with Crippen molar-refractivity contribution in [2.24, 2.45) is 5.73 Å². The van der Waals surface area contributed by atoms with Gasteiger partial charge in [-0.3, -0.25) is 0 Å². The van der Waals surface area contributed by atoms with E-state index in [1.165, 1.54) is 12.8 Å². The summed E-state index contributed by atoms with van der Waals surface area (Å²) >= 11 is 1.66. The largest absolute Gasteiger partial charge is 0.328 e. The molecule has 1 aliphatic carbocycles. The number of halogens is 1. The van der Waals surface area contributed by atoms with Gasteiger partial charge in [-0.15, -0.1) is 11.8 Å². The average molecular weight is 225 g/mol. The third kappa shape index (κ3) is 3.21. The normalized spacial score (nSPS) is 17.8. The third-order valence-electron chi connectivity index (χ3n) is 2.37. The molecule has 1 nitrogen and oxygen atoms in total. The van der Waals surface area contributed by atoms with Crippen LogP contribution >= 0.6 is 11.8 Å². The molecule has 82 valence electrons. The van der Waals surface area contributed by atoms with Crippen molar-refractivity contribution >= 4 is 11.8 Å². The van der Waals surface area contributed by atoms with E-state index in [0.717, 1.165) is 16.9 Å². The van der Waals surface area contributed by atoms with Crippen LogP contribution in [0.1, 0.15) is 25.3 Å². The van der Waals surface area contributed by atoms with Crippen molar-refractivity contribution < 1.29 is 4.39 Å². The summed E-state index contributed by atoms with van der Waals surface area (Å²) in [6.45, 7) is 1.94. The monoisotopic (exact) mass is 225 g/mol. The summed E-state index contributed by atoms with van der Waals surface area (Å²) in [6.07, 6.45) is 3.20. The van der Waals surface area contributed by atoms with Crippen LogP contribution in [0.5, 0.6) is 0 Å². The first-order chi connectivity index (χ1) is 7.15. The summed E-state index contributed by atoms with van der Waals surface area (Å²) in [5.41, 5.74) is 6.66. The van der Waals surface area contributed by atoms with Crippen LogP contribution in [0.4, 0.5) is 4.39 Å². The summed E-state index contributed by atoms with van der Waals surface area (Å²) in [5.74, 6) is -0.0925. The van der Waals surface area contributed by atoms with E-state index in [1.807, 2.05) is 19.1 Å². The van der Waals surface area contributed by atoms with Crippen molar-refractivity contribution in [3.8, 4) is 0 Å². The predicted molar refractivity (Wildman–Crippen MR) is 62.6 cm³/mol. The molecular formula is C12H16FNS. The van der Waals surface area contributed by atoms with Crippen molar-refractivity contribution in [3.05, 3.63) is 29.6 Å². The molecule has 0 bridgehead atoms. The zero-order valence-electron chi connectivity index (χ0n) is 8.87. The fourth-order valence-corrected chi connectivity index (χ4v) is 2.55. The molecule has 1 aromatic carbocycles. The number of hydrogen-bond acceptors (Lipinski definition) is 2. The Morgan fingerprint density at radius 2 is 2.27 bits per heavy atom. The molecule has 2 N–H and O–H groups in total. The second-order valence-corrected chi connectivity index (χ2v) is 5.61. The first-order valence-corrected chi connectivity index (χ1v) is 6.24. The Morgan fingerprint density at radius 1 is 1.53 bits per heavy atom. The third-order valence-corrected chi connectivity index (χ3v) is 3.76. The van der Waals surface area contributed by atoms with E-state index >= 15 is 0 Å². The lowest BCUT2D eigenvalue weighted by Gasteiger charge is -2.07. The van der Waals surface area contributed by atoms with Gasteiger partial charge in [0.2, 0.25) is 0 Å². The molecule has 1 aliphatic rings. The Bertz CT molecular complexity index is 347. The number of thioether (sulfide) groups is 1. The molecule has 0 saturated heterocycles. The summed E-state index contributed by atoms with van der Waals surface area (Å²) < 4.78 is 13.6. The predicted octanol–water partition coefficient (Wildman–Crippen LogP) is 2.97. The molecule has 0 radical (unpaired) electrons. The van der Waals surface area contributed by atoms with E-state index in [-0.39, 0.29) is 11.9 Å². The molecule has 1 aromatic rings. The molecule has 3 heteroatoms. The fourth-order valence-electron chi connectivity index (χ4n) is 1.50. The van der Waals surface area contributed by atoms with Crippen LogP contribution in [0.25, 0.3) is 0 Å². The fraction of sp³-hybridized carbons (Fsp3) is 0.500. The topological polar surface area (TPSA) is 26.0 Å². The maximum absolute atomic E-state index is 13.6. The molecule has 0 spiro atoms. The lowest BCUT2D eigenvalue weighted by atomic mass is 10.1. The molecule has 1 saturated carbocycles. The molecule has 0 aliphatic heterocycles. The Kier molecular flexibility index (Phi) is 3.32. The Morgan fingerprint density at radius 3 is 2.80 bits per heavy atom. The minimum atomic E-state index is -0.0925. The number of hydrogen-bond donors (Lipinski definition) is 1. The smallest absolute Gasteiger partial charge is 0.137 e. The van der Waals surface area contributed by atoms with Gasteiger partial charge >= 0.3 is 0 Å². The van der Waals surface area contributed by atoms with Crippen LogP contribution in [0.2, 0.25) is 0 Å². The minimum absolute atomic E-state index is 0.0892. The highest BCUT2D eigenvalue weighted by atomic mass is 32.2. The number of benzene rings is 1. The van der Waals surface area contributed by atoms with Gasteiger partial charge in [-0.2, -0.15) is 0 Å². The quantitative estimate of drug-likeness (QED) is 0.852. The van der Waals surface area contributed by atoms with Crippen LogP contribution < -0.4 is 5.73 Å². The van der Waals surface area contributed by atoms with Gasteiger partial charge in [0.25, 0.3) is 0 Å². The zero-order valence-corrected chi connectivity index (χ0v) is 9.69. The van der Waals surface area contributed by atoms with E-state index in [4.69, 9.17) is 5.73 Å². The lowest BCUT2D eigenvalue weighted by molar-refractivity contribution is 0.597. The Balaban J connectivity index is 2.07. The highest BCUT2D eigenvalue weighted by Gasteiger charge is 2.23. The summed E-state index contributed by atoms with van der Waals surface area (Å²) in [4.78, 5) is 0.783. The van der Waals surface area contributed by atoms with Crippen LogP contribution in [0.3, 0.4) is 0 Å². The Labute approximate surface area is 94.2 Å². The second kappa shape index (κ2) is 4.54. The van der Waals surface area contributed by atoms with Crippen LogP contribution in [0.15, 0.2) is 23.1 Å². The molecule has 2 rings (SSSR count). The van der Waals surface area contributed by atoms with E-state index in [9.17, 15) is 4.39 Å². The van der Waals surface area contributed by atoms with Crippen LogP contribution in [-0.2, 0) is 6.42 Å². The summed E-state index contributed by atoms with van der Waals surface area (Å²) in [7, 11) is 0. The molecular weight excluding hydrogens is 209 g/mol. The molecule has 0 aromatic heterocycles. The van der Waals surface area contributed by atoms with Crippen molar-refractivity contribution in [1.29, 1.82) is 0 Å². The van der Waals surface area contributed by atoms with E-state index in [0.29, 0.717) is 5.25 Å². The van der Waals surface area contributed by atoms with Gasteiger partial charge < -0.3 is 5.73 Å². The van der Waals surface area contributed by atoms with E-state index in [2.05, 4.69) is 0 Å². The van der Waals surface area contributed by atoms with Gasteiger partial charge in [0, 0.05) is 16.2 Å². The highest BCUT2D eigenvalue weighted by Crippen LogP contribution is 2.40. The average Bonchev–Trinajstić information content (AvgIpc) is 2.92. The van der Waals surface area contributed by atoms with Gasteiger partial charge in [0.15, 0.2) is 0 Å². The molecule has 1 atom stereocenters. The molecule has 0 heterocycles. The Hall–Kier alpha value is -0.540. The maximum atomic E-state index is 13.6. The number of nitrogens with two attached hydrogens (primary N) is 1. The van der Waals surface area contributed by atoms with Crippen LogP contribution in [-0.4, -0.2) is 11.3 Å². The first kappa shape index (κ1) is 11.0. The van der Waals surface area contributed by atoms with Gasteiger partial charge in [0.05, 0.1) is 0 Å². The van der Waals surface area contributed by atoms with Crippen molar-refractivity contribution in [2.75, 3.05) is 0 Å². The van der Waals surface area contributed by atoms with Gasteiger partial charge in [-0.25, -0.2) is 4.39 Å². The van der Waals surface area contributed by atoms with Gasteiger partial charge in [0.1, 0.15) is 5.82 Å². The van der Waals surface area contributed by atoms with Crippen LogP contribution in [0, 0.1) is 5.82 Å². The number of rotatable bonds is 4.